The van der Waals surface area contributed by atoms with Crippen LogP contribution in [-0.4, -0.2) is 11.5 Å². The zero-order valence-electron chi connectivity index (χ0n) is 11.9. The summed E-state index contributed by atoms with van der Waals surface area (Å²) in [6, 6.07) is 14.9. The van der Waals surface area contributed by atoms with Crippen LogP contribution in [0.1, 0.15) is 35.8 Å². The van der Waals surface area contributed by atoms with Crippen molar-refractivity contribution < 1.29 is 0 Å². The lowest BCUT2D eigenvalue weighted by atomic mass is 10.0. The lowest BCUT2D eigenvalue weighted by Crippen LogP contribution is -2.24. The molecule has 1 aromatic carbocycles. The molecule has 1 aromatic heterocycles. The molecule has 2 N–H and O–H groups in total. The van der Waals surface area contributed by atoms with Crippen LogP contribution in [-0.2, 0) is 6.54 Å². The van der Waals surface area contributed by atoms with Crippen LogP contribution in [0, 0.1) is 6.92 Å². The van der Waals surface area contributed by atoms with Crippen molar-refractivity contribution in [2.75, 3.05) is 11.4 Å². The Morgan fingerprint density at radius 1 is 1.20 bits per heavy atom. The van der Waals surface area contributed by atoms with Gasteiger partial charge in [0, 0.05) is 24.0 Å². The van der Waals surface area contributed by atoms with E-state index in [1.54, 1.807) is 0 Å². The predicted molar refractivity (Wildman–Crippen MR) is 82.6 cm³/mol. The normalized spacial score (nSPS) is 18.5. The fraction of sp³-hybridized carbons (Fsp3) is 0.353. The van der Waals surface area contributed by atoms with E-state index >= 15 is 0 Å². The van der Waals surface area contributed by atoms with Crippen LogP contribution in [0.5, 0.6) is 0 Å². The number of hydrogen-bond acceptors (Lipinski definition) is 3. The number of benzene rings is 1. The van der Waals surface area contributed by atoms with Gasteiger partial charge in [-0.25, -0.2) is 0 Å². The Morgan fingerprint density at radius 3 is 2.90 bits per heavy atom. The monoisotopic (exact) mass is 267 g/mol. The molecule has 20 heavy (non-hydrogen) atoms. The van der Waals surface area contributed by atoms with E-state index in [0.29, 0.717) is 0 Å². The molecule has 2 aromatic rings. The van der Waals surface area contributed by atoms with Crippen molar-refractivity contribution in [1.82, 2.24) is 4.98 Å². The molecule has 3 nitrogen and oxygen atoms in total. The topological polar surface area (TPSA) is 42.1 Å². The first-order chi connectivity index (χ1) is 9.74. The number of nitrogens with two attached hydrogens (primary N) is 1. The molecule has 0 saturated heterocycles. The minimum Gasteiger partial charge on any atom is -0.365 e. The second-order valence-electron chi connectivity index (χ2n) is 5.50. The summed E-state index contributed by atoms with van der Waals surface area (Å²) >= 11 is 0. The highest BCUT2D eigenvalue weighted by Gasteiger charge is 2.20. The summed E-state index contributed by atoms with van der Waals surface area (Å²) in [7, 11) is 0. The quantitative estimate of drug-likeness (QED) is 0.908. The van der Waals surface area contributed by atoms with Crippen molar-refractivity contribution in [3.05, 3.63) is 59.4 Å². The van der Waals surface area contributed by atoms with E-state index in [0.717, 1.165) is 37.3 Å². The lowest BCUT2D eigenvalue weighted by molar-refractivity contribution is 0.625. The fourth-order valence-corrected chi connectivity index (χ4v) is 2.91. The summed E-state index contributed by atoms with van der Waals surface area (Å²) in [5.41, 5.74) is 11.0. The number of fused-ring (bicyclic) bond motifs is 1. The lowest BCUT2D eigenvalue weighted by Gasteiger charge is -2.25. The fourth-order valence-electron chi connectivity index (χ4n) is 2.91. The van der Waals surface area contributed by atoms with Crippen molar-refractivity contribution in [1.29, 1.82) is 0 Å². The first-order valence-electron chi connectivity index (χ1n) is 7.26. The molecular formula is C17H21N3. The molecule has 1 aliphatic rings. The van der Waals surface area contributed by atoms with E-state index < -0.39 is 0 Å². The SMILES string of the molecule is Cc1cccc(CN2CCCC(N)c3ccccc32)n1. The molecule has 1 aliphatic heterocycles. The number of aromatic nitrogens is 1. The van der Waals surface area contributed by atoms with Gasteiger partial charge in [-0.2, -0.15) is 0 Å². The summed E-state index contributed by atoms with van der Waals surface area (Å²) in [5, 5.41) is 0. The molecule has 3 heteroatoms. The molecule has 0 radical (unpaired) electrons. The molecule has 2 heterocycles. The summed E-state index contributed by atoms with van der Waals surface area (Å²) in [6.07, 6.45) is 2.18. The van der Waals surface area contributed by atoms with Gasteiger partial charge in [0.2, 0.25) is 0 Å². The molecule has 3 rings (SSSR count). The van der Waals surface area contributed by atoms with E-state index in [1.165, 1.54) is 11.3 Å². The molecule has 0 amide bonds. The van der Waals surface area contributed by atoms with Crippen LogP contribution >= 0.6 is 0 Å². The maximum absolute atomic E-state index is 6.28. The summed E-state index contributed by atoms with van der Waals surface area (Å²) in [4.78, 5) is 7.02. The Balaban J connectivity index is 1.91. The molecule has 104 valence electrons. The van der Waals surface area contributed by atoms with E-state index in [-0.39, 0.29) is 6.04 Å². The van der Waals surface area contributed by atoms with Gasteiger partial charge in [-0.15, -0.1) is 0 Å². The van der Waals surface area contributed by atoms with Crippen LogP contribution in [0.4, 0.5) is 5.69 Å². The highest BCUT2D eigenvalue weighted by Crippen LogP contribution is 2.31. The minimum atomic E-state index is 0.154. The van der Waals surface area contributed by atoms with E-state index in [4.69, 9.17) is 5.73 Å². The first kappa shape index (κ1) is 13.1. The van der Waals surface area contributed by atoms with E-state index in [2.05, 4.69) is 46.3 Å². The third-order valence-corrected chi connectivity index (χ3v) is 3.92. The number of pyridine rings is 1. The van der Waals surface area contributed by atoms with Gasteiger partial charge in [-0.3, -0.25) is 4.98 Å². The van der Waals surface area contributed by atoms with Gasteiger partial charge in [0.1, 0.15) is 0 Å². The summed E-state index contributed by atoms with van der Waals surface area (Å²) < 4.78 is 0. The highest BCUT2D eigenvalue weighted by molar-refractivity contribution is 5.55. The van der Waals surface area contributed by atoms with Gasteiger partial charge in [-0.05, 0) is 43.5 Å². The van der Waals surface area contributed by atoms with Crippen LogP contribution < -0.4 is 10.6 Å². The van der Waals surface area contributed by atoms with Crippen LogP contribution in [0.25, 0.3) is 0 Å². The number of para-hydroxylation sites is 1. The van der Waals surface area contributed by atoms with Crippen molar-refractivity contribution in [2.45, 2.75) is 32.4 Å². The predicted octanol–water partition coefficient (Wildman–Crippen LogP) is 3.19. The molecule has 1 unspecified atom stereocenters. The number of nitrogens with zero attached hydrogens (tertiary/aromatic N) is 2. The maximum atomic E-state index is 6.28. The average Bonchev–Trinajstić information content (AvgIpc) is 2.60. The van der Waals surface area contributed by atoms with Gasteiger partial charge in [0.15, 0.2) is 0 Å². The summed E-state index contributed by atoms with van der Waals surface area (Å²) in [6.45, 7) is 3.93. The third kappa shape index (κ3) is 2.68. The van der Waals surface area contributed by atoms with Gasteiger partial charge in [-0.1, -0.05) is 24.3 Å². The molecule has 0 spiro atoms. The van der Waals surface area contributed by atoms with E-state index in [9.17, 15) is 0 Å². The average molecular weight is 267 g/mol. The Labute approximate surface area is 120 Å². The third-order valence-electron chi connectivity index (χ3n) is 3.92. The number of aryl methyl sites for hydroxylation is 1. The molecule has 1 atom stereocenters. The molecule has 0 saturated carbocycles. The molecule has 0 aliphatic carbocycles. The molecule has 0 bridgehead atoms. The van der Waals surface area contributed by atoms with Crippen LogP contribution in [0.2, 0.25) is 0 Å². The standard InChI is InChI=1S/C17H21N3/c1-13-6-4-7-14(19-13)12-20-11-5-9-16(18)15-8-2-3-10-17(15)20/h2-4,6-8,10,16H,5,9,11-12,18H2,1H3. The Hall–Kier alpha value is -1.87. The first-order valence-corrected chi connectivity index (χ1v) is 7.26. The van der Waals surface area contributed by atoms with Crippen LogP contribution in [0.3, 0.4) is 0 Å². The molecule has 0 fully saturated rings. The second kappa shape index (κ2) is 5.63. The van der Waals surface area contributed by atoms with Crippen molar-refractivity contribution >= 4 is 5.69 Å². The Bertz CT molecular complexity index is 594. The largest absolute Gasteiger partial charge is 0.365 e. The van der Waals surface area contributed by atoms with E-state index in [1.807, 2.05) is 13.0 Å². The number of rotatable bonds is 2. The smallest absolute Gasteiger partial charge is 0.0602 e. The zero-order chi connectivity index (χ0) is 13.9. The minimum absolute atomic E-state index is 0.154. The Kier molecular flexibility index (Phi) is 3.70. The van der Waals surface area contributed by atoms with Gasteiger partial charge < -0.3 is 10.6 Å². The van der Waals surface area contributed by atoms with Crippen molar-refractivity contribution in [2.24, 2.45) is 5.73 Å². The molecular weight excluding hydrogens is 246 g/mol. The zero-order valence-corrected chi connectivity index (χ0v) is 11.9. The van der Waals surface area contributed by atoms with Crippen molar-refractivity contribution in [3.63, 3.8) is 0 Å². The Morgan fingerprint density at radius 2 is 2.05 bits per heavy atom. The van der Waals surface area contributed by atoms with Gasteiger partial charge >= 0.3 is 0 Å². The number of anilines is 1. The van der Waals surface area contributed by atoms with Crippen molar-refractivity contribution in [3.8, 4) is 0 Å². The van der Waals surface area contributed by atoms with Crippen LogP contribution in [0.15, 0.2) is 42.5 Å². The maximum Gasteiger partial charge on any atom is 0.0602 e. The number of hydrogen-bond donors (Lipinski definition) is 1. The summed E-state index contributed by atoms with van der Waals surface area (Å²) in [5.74, 6) is 0. The highest BCUT2D eigenvalue weighted by atomic mass is 15.1. The second-order valence-corrected chi connectivity index (χ2v) is 5.50. The van der Waals surface area contributed by atoms with Gasteiger partial charge in [0.05, 0.1) is 12.2 Å². The van der Waals surface area contributed by atoms with Gasteiger partial charge in [0.25, 0.3) is 0 Å².